The molecule has 4 N–H and O–H groups in total. The molecule has 3 fully saturated rings. The Labute approximate surface area is 198 Å². The molecule has 0 radical (unpaired) electrons. The van der Waals surface area contributed by atoms with Crippen molar-refractivity contribution in [2.24, 2.45) is 5.92 Å². The standard InChI is InChI=1S/C25H32N2O7/c1-33-25-7-6-15(26-16(23(31)32)11-19(29)30)22-24(25)8-9-27(12-13-2-3-13)18(25)10-14-4-5-17(28)21(34-22)20(14)24/h4-5,13,15-16,18,22,26,28H,2-3,6-12H2,1H3,(H,29,30)(H,31,32)/t15-,16-,18+,22-,24-,25+/m0/s1. The van der Waals surface area contributed by atoms with Crippen LogP contribution in [0.25, 0.3) is 0 Å². The number of hydrogen-bond donors (Lipinski definition) is 4. The van der Waals surface area contributed by atoms with Crippen LogP contribution in [0.5, 0.6) is 11.5 Å². The summed E-state index contributed by atoms with van der Waals surface area (Å²) in [4.78, 5) is 25.8. The number of phenols is 1. The van der Waals surface area contributed by atoms with Gasteiger partial charge in [-0.05, 0) is 62.6 Å². The zero-order chi connectivity index (χ0) is 23.8. The number of aliphatic carboxylic acids is 2. The highest BCUT2D eigenvalue weighted by atomic mass is 16.5. The number of carboxylic acids is 2. The number of nitrogens with one attached hydrogen (secondary N) is 1. The maximum Gasteiger partial charge on any atom is 0.321 e. The van der Waals surface area contributed by atoms with Crippen LogP contribution in [0.2, 0.25) is 0 Å². The highest BCUT2D eigenvalue weighted by Crippen LogP contribution is 2.66. The first kappa shape index (κ1) is 22.1. The van der Waals surface area contributed by atoms with Gasteiger partial charge in [0, 0.05) is 31.3 Å². The summed E-state index contributed by atoms with van der Waals surface area (Å²) in [5.74, 6) is -1.03. The van der Waals surface area contributed by atoms with Crippen LogP contribution in [-0.4, -0.2) is 82.2 Å². The lowest BCUT2D eigenvalue weighted by molar-refractivity contribution is -0.208. The van der Waals surface area contributed by atoms with Crippen molar-refractivity contribution >= 4 is 11.9 Å². The highest BCUT2D eigenvalue weighted by molar-refractivity contribution is 5.80. The van der Waals surface area contributed by atoms with Crippen molar-refractivity contribution in [2.45, 2.75) is 80.2 Å². The second-order valence-corrected chi connectivity index (χ2v) is 10.8. The zero-order valence-corrected chi connectivity index (χ0v) is 19.3. The summed E-state index contributed by atoms with van der Waals surface area (Å²) >= 11 is 0. The molecule has 1 spiro atoms. The Bertz CT molecular complexity index is 1040. The molecule has 0 unspecified atom stereocenters. The predicted molar refractivity (Wildman–Crippen MR) is 120 cm³/mol. The molecule has 6 atom stereocenters. The fourth-order valence-electron chi connectivity index (χ4n) is 7.69. The molecule has 184 valence electrons. The minimum Gasteiger partial charge on any atom is -0.504 e. The molecule has 5 aliphatic rings. The number of carbonyl (C=O) groups is 2. The van der Waals surface area contributed by atoms with Gasteiger partial charge in [0.05, 0.1) is 17.4 Å². The van der Waals surface area contributed by atoms with Crippen molar-refractivity contribution in [2.75, 3.05) is 20.2 Å². The second kappa shape index (κ2) is 7.57. The van der Waals surface area contributed by atoms with Crippen LogP contribution >= 0.6 is 0 Å². The van der Waals surface area contributed by atoms with Crippen LogP contribution < -0.4 is 10.1 Å². The number of aromatic hydroxyl groups is 1. The van der Waals surface area contributed by atoms with E-state index in [0.717, 1.165) is 43.0 Å². The summed E-state index contributed by atoms with van der Waals surface area (Å²) in [6.45, 7) is 1.96. The van der Waals surface area contributed by atoms with Gasteiger partial charge in [-0.3, -0.25) is 19.8 Å². The Kier molecular flexibility index (Phi) is 4.92. The second-order valence-electron chi connectivity index (χ2n) is 10.8. The maximum atomic E-state index is 11.8. The van der Waals surface area contributed by atoms with E-state index in [1.807, 2.05) is 6.07 Å². The molecule has 2 heterocycles. The van der Waals surface area contributed by atoms with E-state index in [4.69, 9.17) is 9.47 Å². The molecule has 34 heavy (non-hydrogen) atoms. The Morgan fingerprint density at radius 2 is 2.06 bits per heavy atom. The first-order valence-electron chi connectivity index (χ1n) is 12.3. The van der Waals surface area contributed by atoms with Crippen LogP contribution in [0.1, 0.15) is 49.7 Å². The van der Waals surface area contributed by atoms with E-state index >= 15 is 0 Å². The number of phenolic OH excluding ortho intramolecular Hbond substituents is 1. The van der Waals surface area contributed by atoms with Gasteiger partial charge in [0.15, 0.2) is 11.5 Å². The fraction of sp³-hybridized carbons (Fsp3) is 0.680. The molecular formula is C25H32N2O7. The monoisotopic (exact) mass is 472 g/mol. The van der Waals surface area contributed by atoms with E-state index in [9.17, 15) is 24.9 Å². The summed E-state index contributed by atoms with van der Waals surface area (Å²) in [6, 6.07) is 2.27. The highest BCUT2D eigenvalue weighted by Gasteiger charge is 2.74. The first-order valence-corrected chi connectivity index (χ1v) is 12.3. The van der Waals surface area contributed by atoms with Crippen LogP contribution in [0.3, 0.4) is 0 Å². The van der Waals surface area contributed by atoms with Crippen LogP contribution in [0.15, 0.2) is 12.1 Å². The van der Waals surface area contributed by atoms with Crippen molar-refractivity contribution in [3.63, 3.8) is 0 Å². The molecule has 0 amide bonds. The van der Waals surface area contributed by atoms with Gasteiger partial charge in [-0.2, -0.15) is 0 Å². The molecular weight excluding hydrogens is 440 g/mol. The maximum absolute atomic E-state index is 11.8. The van der Waals surface area contributed by atoms with E-state index in [0.29, 0.717) is 18.6 Å². The van der Waals surface area contributed by atoms with Crippen molar-refractivity contribution < 1.29 is 34.4 Å². The van der Waals surface area contributed by atoms with Crippen molar-refractivity contribution in [1.29, 1.82) is 0 Å². The number of likely N-dealkylation sites (tertiary alicyclic amines) is 1. The smallest absolute Gasteiger partial charge is 0.321 e. The quantitative estimate of drug-likeness (QED) is 0.445. The summed E-state index contributed by atoms with van der Waals surface area (Å²) in [5.41, 5.74) is 1.13. The van der Waals surface area contributed by atoms with Gasteiger partial charge in [-0.1, -0.05) is 6.07 Å². The number of rotatable bonds is 8. The summed E-state index contributed by atoms with van der Waals surface area (Å²) in [6.07, 6.45) is 4.51. The number of piperidine rings is 1. The molecule has 2 saturated carbocycles. The Morgan fingerprint density at radius 1 is 1.26 bits per heavy atom. The Morgan fingerprint density at radius 3 is 2.74 bits per heavy atom. The third-order valence-electron chi connectivity index (χ3n) is 9.18. The lowest BCUT2D eigenvalue weighted by Crippen LogP contribution is -2.79. The van der Waals surface area contributed by atoms with Crippen molar-refractivity contribution in [3.8, 4) is 11.5 Å². The molecule has 0 aromatic heterocycles. The number of ether oxygens (including phenoxy) is 2. The molecule has 1 aromatic carbocycles. The minimum absolute atomic E-state index is 0.0884. The van der Waals surface area contributed by atoms with Crippen molar-refractivity contribution in [1.82, 2.24) is 10.2 Å². The van der Waals surface area contributed by atoms with E-state index in [1.165, 1.54) is 12.8 Å². The van der Waals surface area contributed by atoms with E-state index < -0.39 is 41.5 Å². The van der Waals surface area contributed by atoms with Gasteiger partial charge in [0.25, 0.3) is 0 Å². The van der Waals surface area contributed by atoms with Gasteiger partial charge < -0.3 is 24.8 Å². The normalized spacial score (nSPS) is 36.4. The molecule has 1 saturated heterocycles. The lowest BCUT2D eigenvalue weighted by atomic mass is 9.48. The van der Waals surface area contributed by atoms with Crippen molar-refractivity contribution in [3.05, 3.63) is 23.3 Å². The largest absolute Gasteiger partial charge is 0.504 e. The predicted octanol–water partition coefficient (Wildman–Crippen LogP) is 1.50. The van der Waals surface area contributed by atoms with Crippen LogP contribution in [-0.2, 0) is 26.2 Å². The fourth-order valence-corrected chi connectivity index (χ4v) is 7.69. The minimum atomic E-state index is -1.22. The molecule has 2 aliphatic heterocycles. The third-order valence-corrected chi connectivity index (χ3v) is 9.18. The number of nitrogens with zero attached hydrogens (tertiary/aromatic N) is 1. The van der Waals surface area contributed by atoms with Gasteiger partial charge in [0.2, 0.25) is 0 Å². The zero-order valence-electron chi connectivity index (χ0n) is 19.3. The number of carboxylic acid groups (broad SMARTS) is 2. The van der Waals surface area contributed by atoms with Gasteiger partial charge in [0.1, 0.15) is 12.1 Å². The Balaban J connectivity index is 1.45. The molecule has 1 aromatic rings. The van der Waals surface area contributed by atoms with Gasteiger partial charge in [-0.15, -0.1) is 0 Å². The molecule has 3 aliphatic carbocycles. The third kappa shape index (κ3) is 2.90. The number of methoxy groups -OCH3 is 1. The summed E-state index contributed by atoms with van der Waals surface area (Å²) < 4.78 is 13.0. The topological polar surface area (TPSA) is 129 Å². The van der Waals surface area contributed by atoms with E-state index in [2.05, 4.69) is 10.2 Å². The average Bonchev–Trinajstić information content (AvgIpc) is 3.54. The van der Waals surface area contributed by atoms with Crippen LogP contribution in [0.4, 0.5) is 0 Å². The number of benzene rings is 1. The van der Waals surface area contributed by atoms with Crippen LogP contribution in [0, 0.1) is 5.92 Å². The SMILES string of the molecule is CO[C@@]12CC[C@H](N[C@@H](CC(=O)O)C(=O)O)[C@@H]3Oc4c(O)ccc5c4[C@@]31CCN(CC1CC1)[C@@H]2C5. The molecule has 6 rings (SSSR count). The lowest BCUT2D eigenvalue weighted by Gasteiger charge is -2.65. The van der Waals surface area contributed by atoms with Gasteiger partial charge >= 0.3 is 11.9 Å². The van der Waals surface area contributed by atoms with E-state index in [-0.39, 0.29) is 17.8 Å². The molecule has 9 heteroatoms. The summed E-state index contributed by atoms with van der Waals surface area (Å²) in [5, 5.41) is 32.8. The Hall–Kier alpha value is -2.36. The van der Waals surface area contributed by atoms with E-state index in [1.54, 1.807) is 13.2 Å². The first-order chi connectivity index (χ1) is 16.3. The summed E-state index contributed by atoms with van der Waals surface area (Å²) in [7, 11) is 1.77. The molecule has 9 nitrogen and oxygen atoms in total. The van der Waals surface area contributed by atoms with Gasteiger partial charge in [-0.25, -0.2) is 0 Å². The average molecular weight is 473 g/mol. The molecule has 2 bridgehead atoms. The number of hydrogen-bond acceptors (Lipinski definition) is 7.